The molecule has 0 aliphatic carbocycles. The van der Waals surface area contributed by atoms with Gasteiger partial charge < -0.3 is 0 Å². The van der Waals surface area contributed by atoms with Crippen molar-refractivity contribution in [1.82, 2.24) is 0 Å². The van der Waals surface area contributed by atoms with Crippen molar-refractivity contribution in [2.75, 3.05) is 0 Å². The summed E-state index contributed by atoms with van der Waals surface area (Å²) in [7, 11) is 0. The highest BCUT2D eigenvalue weighted by Gasteiger charge is 2.16. The van der Waals surface area contributed by atoms with Gasteiger partial charge in [-0.25, -0.2) is 0 Å². The second-order valence-electron chi connectivity index (χ2n) is 2.68. The Morgan fingerprint density at radius 3 is 2.43 bits per heavy atom. The van der Waals surface area contributed by atoms with E-state index < -0.39 is 11.6 Å². The molecular weight excluding hydrogens is 268 g/mol. The van der Waals surface area contributed by atoms with Crippen LogP contribution < -0.4 is 0 Å². The Kier molecular flexibility index (Phi) is 3.71. The highest BCUT2D eigenvalue weighted by Crippen LogP contribution is 2.23. The molecule has 74 valence electrons. The van der Waals surface area contributed by atoms with Gasteiger partial charge in [-0.1, -0.05) is 0 Å². The summed E-state index contributed by atoms with van der Waals surface area (Å²) in [5, 5.41) is 0. The zero-order valence-corrected chi connectivity index (χ0v) is 9.78. The summed E-state index contributed by atoms with van der Waals surface area (Å²) < 4.78 is 0.830. The van der Waals surface area contributed by atoms with Gasteiger partial charge >= 0.3 is 0 Å². The van der Waals surface area contributed by atoms with Crippen LogP contribution in [0.3, 0.4) is 0 Å². The van der Waals surface area contributed by atoms with E-state index in [1.807, 2.05) is 0 Å². The van der Waals surface area contributed by atoms with Crippen LogP contribution in [-0.2, 0) is 9.59 Å². The number of ketones is 3. The molecule has 0 unspecified atom stereocenters. The number of carbonyl (C=O) groups is 3. The molecule has 0 aliphatic heterocycles. The summed E-state index contributed by atoms with van der Waals surface area (Å²) in [6, 6.07) is 3.36. The van der Waals surface area contributed by atoms with Crippen LogP contribution in [0, 0.1) is 0 Å². The first-order chi connectivity index (χ1) is 6.50. The largest absolute Gasteiger partial charge is 0.293 e. The lowest BCUT2D eigenvalue weighted by atomic mass is 10.1. The van der Waals surface area contributed by atoms with Crippen LogP contribution in [0.5, 0.6) is 0 Å². The van der Waals surface area contributed by atoms with E-state index in [2.05, 4.69) is 15.9 Å². The molecule has 0 saturated carbocycles. The van der Waals surface area contributed by atoms with Gasteiger partial charge in [0.2, 0.25) is 5.78 Å². The molecule has 0 saturated heterocycles. The second kappa shape index (κ2) is 4.61. The first-order valence-corrected chi connectivity index (χ1v) is 5.44. The summed E-state index contributed by atoms with van der Waals surface area (Å²) in [4.78, 5) is 33.4. The lowest BCUT2D eigenvalue weighted by molar-refractivity contribution is -0.134. The van der Waals surface area contributed by atoms with E-state index in [-0.39, 0.29) is 12.2 Å². The van der Waals surface area contributed by atoms with Gasteiger partial charge in [-0.2, -0.15) is 0 Å². The highest BCUT2D eigenvalue weighted by atomic mass is 79.9. The quantitative estimate of drug-likeness (QED) is 0.481. The molecule has 0 N–H and O–H groups in total. The Morgan fingerprint density at radius 1 is 1.36 bits per heavy atom. The van der Waals surface area contributed by atoms with Crippen LogP contribution in [0.15, 0.2) is 15.9 Å². The Labute approximate surface area is 93.2 Å². The van der Waals surface area contributed by atoms with Gasteiger partial charge in [-0.15, -0.1) is 11.3 Å². The molecule has 1 heterocycles. The van der Waals surface area contributed by atoms with Crippen LogP contribution in [0.2, 0.25) is 0 Å². The second-order valence-corrected chi connectivity index (χ2v) is 5.15. The minimum Gasteiger partial charge on any atom is -0.293 e. The van der Waals surface area contributed by atoms with Gasteiger partial charge in [-0.05, 0) is 28.1 Å². The van der Waals surface area contributed by atoms with Gasteiger partial charge in [0.25, 0.3) is 0 Å². The normalized spacial score (nSPS) is 9.86. The van der Waals surface area contributed by atoms with E-state index in [1.165, 1.54) is 18.3 Å². The van der Waals surface area contributed by atoms with Gasteiger partial charge in [-0.3, -0.25) is 14.4 Å². The molecule has 0 atom stereocenters. The van der Waals surface area contributed by atoms with Crippen molar-refractivity contribution in [3.8, 4) is 0 Å². The number of Topliss-reactive ketones (excluding diaryl/α,β-unsaturated/α-hetero) is 3. The first kappa shape index (κ1) is 11.3. The lowest BCUT2D eigenvalue weighted by Gasteiger charge is -1.93. The van der Waals surface area contributed by atoms with Gasteiger partial charge in [0, 0.05) is 6.92 Å². The minimum atomic E-state index is -0.639. The average molecular weight is 275 g/mol. The molecule has 0 fully saturated rings. The predicted molar refractivity (Wildman–Crippen MR) is 56.7 cm³/mol. The molecule has 0 spiro atoms. The lowest BCUT2D eigenvalue weighted by Crippen LogP contribution is -2.14. The van der Waals surface area contributed by atoms with Gasteiger partial charge in [0.05, 0.1) is 15.1 Å². The molecule has 1 aromatic rings. The van der Waals surface area contributed by atoms with E-state index in [0.29, 0.717) is 4.88 Å². The van der Waals surface area contributed by atoms with Crippen LogP contribution in [-0.4, -0.2) is 17.3 Å². The van der Waals surface area contributed by atoms with Crippen molar-refractivity contribution < 1.29 is 14.4 Å². The standard InChI is InChI=1S/C9H7BrO3S/c1-5(11)6(12)4-7(13)8-2-3-9(10)14-8/h2-3H,4H2,1H3. The molecule has 5 heteroatoms. The van der Waals surface area contributed by atoms with Crippen molar-refractivity contribution in [1.29, 1.82) is 0 Å². The fourth-order valence-corrected chi connectivity index (χ4v) is 2.15. The Bertz CT molecular complexity index is 395. The highest BCUT2D eigenvalue weighted by molar-refractivity contribution is 9.11. The Hall–Kier alpha value is -0.810. The van der Waals surface area contributed by atoms with E-state index in [1.54, 1.807) is 12.1 Å². The molecule has 0 amide bonds. The van der Waals surface area contributed by atoms with Crippen molar-refractivity contribution in [2.45, 2.75) is 13.3 Å². The van der Waals surface area contributed by atoms with Crippen LogP contribution in [0.4, 0.5) is 0 Å². The summed E-state index contributed by atoms with van der Waals surface area (Å²) >= 11 is 4.46. The SMILES string of the molecule is CC(=O)C(=O)CC(=O)c1ccc(Br)s1. The van der Waals surface area contributed by atoms with Gasteiger partial charge in [0.15, 0.2) is 11.6 Å². The topological polar surface area (TPSA) is 51.2 Å². The first-order valence-electron chi connectivity index (χ1n) is 3.83. The summed E-state index contributed by atoms with van der Waals surface area (Å²) in [5.41, 5.74) is 0. The summed E-state index contributed by atoms with van der Waals surface area (Å²) in [6.07, 6.45) is -0.331. The van der Waals surface area contributed by atoms with Crippen LogP contribution >= 0.6 is 27.3 Å². The van der Waals surface area contributed by atoms with Crippen LogP contribution in [0.1, 0.15) is 23.0 Å². The van der Waals surface area contributed by atoms with E-state index in [0.717, 1.165) is 3.79 Å². The van der Waals surface area contributed by atoms with Crippen molar-refractivity contribution in [3.05, 3.63) is 20.8 Å². The maximum absolute atomic E-state index is 11.4. The predicted octanol–water partition coefficient (Wildman–Crippen LogP) is 2.24. The summed E-state index contributed by atoms with van der Waals surface area (Å²) in [5.74, 6) is -1.52. The fourth-order valence-electron chi connectivity index (χ4n) is 0.822. The van der Waals surface area contributed by atoms with Crippen LogP contribution in [0.25, 0.3) is 0 Å². The third-order valence-electron chi connectivity index (χ3n) is 1.56. The maximum atomic E-state index is 11.4. The van der Waals surface area contributed by atoms with Gasteiger partial charge in [0.1, 0.15) is 0 Å². The van der Waals surface area contributed by atoms with E-state index >= 15 is 0 Å². The van der Waals surface area contributed by atoms with E-state index in [4.69, 9.17) is 0 Å². The molecular formula is C9H7BrO3S. The minimum absolute atomic E-state index is 0.305. The zero-order valence-electron chi connectivity index (χ0n) is 7.37. The van der Waals surface area contributed by atoms with Crippen molar-refractivity contribution in [3.63, 3.8) is 0 Å². The Morgan fingerprint density at radius 2 is 2.00 bits per heavy atom. The molecule has 1 aromatic heterocycles. The molecule has 0 radical (unpaired) electrons. The zero-order chi connectivity index (χ0) is 10.7. The third-order valence-corrected chi connectivity index (χ3v) is 3.23. The number of hydrogen-bond acceptors (Lipinski definition) is 4. The maximum Gasteiger partial charge on any atom is 0.205 e. The van der Waals surface area contributed by atoms with E-state index in [9.17, 15) is 14.4 Å². The summed E-state index contributed by atoms with van der Waals surface area (Å²) in [6.45, 7) is 1.17. The number of carbonyl (C=O) groups excluding carboxylic acids is 3. The van der Waals surface area contributed by atoms with Crippen molar-refractivity contribution >= 4 is 44.6 Å². The molecule has 0 bridgehead atoms. The number of hydrogen-bond donors (Lipinski definition) is 0. The van der Waals surface area contributed by atoms with Crippen molar-refractivity contribution in [2.24, 2.45) is 0 Å². The number of halogens is 1. The molecule has 3 nitrogen and oxygen atoms in total. The fraction of sp³-hybridized carbons (Fsp3) is 0.222. The number of rotatable bonds is 4. The Balaban J connectivity index is 2.68. The molecule has 0 aliphatic rings. The molecule has 1 rings (SSSR count). The molecule has 14 heavy (non-hydrogen) atoms. The smallest absolute Gasteiger partial charge is 0.205 e. The number of thiophene rings is 1. The molecule has 0 aromatic carbocycles. The average Bonchev–Trinajstić information content (AvgIpc) is 2.51. The third kappa shape index (κ3) is 2.85. The monoisotopic (exact) mass is 274 g/mol.